The van der Waals surface area contributed by atoms with E-state index < -0.39 is 0 Å². The SMILES string of the molecule is [B]/C=C/NC. The third kappa shape index (κ3) is 3.60. The fourth-order valence-corrected chi connectivity index (χ4v) is 0.0962. The van der Waals surface area contributed by atoms with Crippen molar-refractivity contribution >= 4 is 7.85 Å². The molecule has 2 radical (unpaired) electrons. The van der Waals surface area contributed by atoms with E-state index in [2.05, 4.69) is 5.32 Å². The van der Waals surface area contributed by atoms with Crippen molar-refractivity contribution in [1.29, 1.82) is 0 Å². The van der Waals surface area contributed by atoms with Crippen molar-refractivity contribution in [2.24, 2.45) is 0 Å². The van der Waals surface area contributed by atoms with E-state index in [1.165, 1.54) is 5.98 Å². The Bertz CT molecular complexity index is 33.9. The molecular weight excluding hydrogens is 60.9 g/mol. The predicted molar refractivity (Wildman–Crippen MR) is 24.0 cm³/mol. The maximum absolute atomic E-state index is 4.90. The van der Waals surface area contributed by atoms with Gasteiger partial charge in [0.1, 0.15) is 7.85 Å². The van der Waals surface area contributed by atoms with Crippen LogP contribution in [0.25, 0.3) is 0 Å². The van der Waals surface area contributed by atoms with Crippen LogP contribution >= 0.6 is 0 Å². The van der Waals surface area contributed by atoms with Gasteiger partial charge in [0, 0.05) is 7.05 Å². The summed E-state index contributed by atoms with van der Waals surface area (Å²) in [5.74, 6) is 1.44. The first-order valence-electron chi connectivity index (χ1n) is 1.46. The van der Waals surface area contributed by atoms with Crippen molar-refractivity contribution in [2.45, 2.75) is 0 Å². The summed E-state index contributed by atoms with van der Waals surface area (Å²) in [7, 11) is 6.69. The average Bonchev–Trinajstić information content (AvgIpc) is 1.41. The van der Waals surface area contributed by atoms with Gasteiger partial charge in [0.2, 0.25) is 0 Å². The van der Waals surface area contributed by atoms with E-state index in [9.17, 15) is 0 Å². The summed E-state index contributed by atoms with van der Waals surface area (Å²) in [5, 5.41) is 2.71. The molecule has 0 aromatic carbocycles. The summed E-state index contributed by atoms with van der Waals surface area (Å²) in [4.78, 5) is 0. The highest BCUT2D eigenvalue weighted by atomic mass is 14.8. The van der Waals surface area contributed by atoms with Crippen LogP contribution in [0.5, 0.6) is 0 Å². The van der Waals surface area contributed by atoms with Crippen LogP contribution < -0.4 is 5.32 Å². The highest BCUT2D eigenvalue weighted by molar-refractivity contribution is 6.16. The van der Waals surface area contributed by atoms with Gasteiger partial charge in [-0.25, -0.2) is 0 Å². The molecule has 0 aliphatic rings. The van der Waals surface area contributed by atoms with Crippen LogP contribution in [0.3, 0.4) is 0 Å². The number of hydrogen-bond acceptors (Lipinski definition) is 1. The van der Waals surface area contributed by atoms with E-state index >= 15 is 0 Å². The Balaban J connectivity index is 2.62. The summed E-state index contributed by atoms with van der Waals surface area (Å²) in [6.07, 6.45) is 1.65. The van der Waals surface area contributed by atoms with Crippen LogP contribution in [0.1, 0.15) is 0 Å². The van der Waals surface area contributed by atoms with Crippen molar-refractivity contribution < 1.29 is 0 Å². The van der Waals surface area contributed by atoms with Crippen LogP contribution in [-0.4, -0.2) is 14.9 Å². The lowest BCUT2D eigenvalue weighted by Gasteiger charge is -1.75. The standard InChI is InChI=1S/C3H6BN/c1-5-3-2-4/h2-3,5H,1H3/b3-2+. The van der Waals surface area contributed by atoms with E-state index in [0.29, 0.717) is 0 Å². The molecule has 0 aromatic heterocycles. The van der Waals surface area contributed by atoms with Crippen LogP contribution in [0.4, 0.5) is 0 Å². The smallest absolute Gasteiger partial charge is 0.104 e. The number of hydrogen-bond donors (Lipinski definition) is 1. The van der Waals surface area contributed by atoms with Gasteiger partial charge >= 0.3 is 0 Å². The largest absolute Gasteiger partial charge is 0.395 e. The molecule has 0 amide bonds. The van der Waals surface area contributed by atoms with E-state index in [-0.39, 0.29) is 0 Å². The highest BCUT2D eigenvalue weighted by Gasteiger charge is 1.45. The zero-order chi connectivity index (χ0) is 4.12. The highest BCUT2D eigenvalue weighted by Crippen LogP contribution is 1.46. The molecule has 0 rings (SSSR count). The molecule has 0 aliphatic carbocycles. The van der Waals surface area contributed by atoms with Gasteiger partial charge in [0.15, 0.2) is 0 Å². The molecule has 2 heteroatoms. The molecule has 0 saturated heterocycles. The molecule has 0 aliphatic heterocycles. The summed E-state index contributed by atoms with van der Waals surface area (Å²) in [5.41, 5.74) is 0. The van der Waals surface area contributed by atoms with E-state index in [4.69, 9.17) is 7.85 Å². The van der Waals surface area contributed by atoms with Crippen molar-refractivity contribution in [3.8, 4) is 0 Å². The molecule has 26 valence electrons. The van der Waals surface area contributed by atoms with Crippen molar-refractivity contribution in [3.63, 3.8) is 0 Å². The van der Waals surface area contributed by atoms with E-state index in [1.807, 2.05) is 0 Å². The Hall–Kier alpha value is -0.395. The Kier molecular flexibility index (Phi) is 3.32. The molecule has 5 heavy (non-hydrogen) atoms. The molecule has 1 N–H and O–H groups in total. The number of rotatable bonds is 1. The van der Waals surface area contributed by atoms with Crippen LogP contribution in [0.2, 0.25) is 0 Å². The molecule has 0 aromatic rings. The zero-order valence-corrected chi connectivity index (χ0v) is 3.23. The molecule has 0 bridgehead atoms. The topological polar surface area (TPSA) is 12.0 Å². The minimum atomic E-state index is 1.44. The fourth-order valence-electron chi connectivity index (χ4n) is 0.0962. The minimum Gasteiger partial charge on any atom is -0.395 e. The van der Waals surface area contributed by atoms with Crippen LogP contribution in [0, 0.1) is 0 Å². The Morgan fingerprint density at radius 2 is 2.40 bits per heavy atom. The van der Waals surface area contributed by atoms with Crippen molar-refractivity contribution in [1.82, 2.24) is 5.32 Å². The first kappa shape index (κ1) is 4.60. The predicted octanol–water partition coefficient (Wildman–Crippen LogP) is -0.155. The van der Waals surface area contributed by atoms with E-state index in [0.717, 1.165) is 0 Å². The molecular formula is C3H6BN. The second-order valence-corrected chi connectivity index (χ2v) is 0.648. The fraction of sp³-hybridized carbons (Fsp3) is 0.333. The Morgan fingerprint density at radius 3 is 2.40 bits per heavy atom. The molecule has 0 unspecified atom stereocenters. The summed E-state index contributed by atoms with van der Waals surface area (Å²) in [6.45, 7) is 0. The molecule has 0 fully saturated rings. The van der Waals surface area contributed by atoms with Crippen LogP contribution in [0.15, 0.2) is 12.2 Å². The van der Waals surface area contributed by atoms with Crippen molar-refractivity contribution in [2.75, 3.05) is 7.05 Å². The van der Waals surface area contributed by atoms with Gasteiger partial charge < -0.3 is 5.32 Å². The maximum atomic E-state index is 4.90. The van der Waals surface area contributed by atoms with Crippen LogP contribution in [-0.2, 0) is 0 Å². The normalized spacial score (nSPS) is 9.00. The molecule has 0 heterocycles. The van der Waals surface area contributed by atoms with Gasteiger partial charge in [-0.05, 0) is 6.20 Å². The molecule has 0 atom stereocenters. The third-order valence-corrected chi connectivity index (χ3v) is 0.263. The molecule has 0 spiro atoms. The van der Waals surface area contributed by atoms with Gasteiger partial charge in [-0.3, -0.25) is 0 Å². The third-order valence-electron chi connectivity index (χ3n) is 0.263. The summed E-state index contributed by atoms with van der Waals surface area (Å²) >= 11 is 0. The van der Waals surface area contributed by atoms with E-state index in [1.54, 1.807) is 13.2 Å². The Labute approximate surface area is 33.5 Å². The van der Waals surface area contributed by atoms with Gasteiger partial charge in [-0.15, -0.1) is 5.98 Å². The molecule has 1 nitrogen and oxygen atoms in total. The average molecular weight is 66.9 g/mol. The van der Waals surface area contributed by atoms with Gasteiger partial charge in [-0.1, -0.05) is 0 Å². The van der Waals surface area contributed by atoms with Gasteiger partial charge in [0.05, 0.1) is 0 Å². The monoisotopic (exact) mass is 67.1 g/mol. The Morgan fingerprint density at radius 1 is 1.80 bits per heavy atom. The minimum absolute atomic E-state index is 1.44. The summed E-state index contributed by atoms with van der Waals surface area (Å²) < 4.78 is 0. The first-order valence-corrected chi connectivity index (χ1v) is 1.46. The maximum Gasteiger partial charge on any atom is 0.104 e. The number of nitrogens with one attached hydrogen (secondary N) is 1. The zero-order valence-electron chi connectivity index (χ0n) is 3.23. The second kappa shape index (κ2) is 3.60. The van der Waals surface area contributed by atoms with Crippen molar-refractivity contribution in [3.05, 3.63) is 12.2 Å². The second-order valence-electron chi connectivity index (χ2n) is 0.648. The lowest BCUT2D eigenvalue weighted by atomic mass is 10.2. The lowest BCUT2D eigenvalue weighted by Crippen LogP contribution is -1.89. The molecule has 0 saturated carbocycles. The lowest BCUT2D eigenvalue weighted by molar-refractivity contribution is 1.11. The quantitative estimate of drug-likeness (QED) is 0.420. The van der Waals surface area contributed by atoms with Gasteiger partial charge in [-0.2, -0.15) is 0 Å². The first-order chi connectivity index (χ1) is 2.41. The van der Waals surface area contributed by atoms with Gasteiger partial charge in [0.25, 0.3) is 0 Å². The summed E-state index contributed by atoms with van der Waals surface area (Å²) in [6, 6.07) is 0.